The number of nitrogens with zero attached hydrogens (tertiary/aromatic N) is 3. The third kappa shape index (κ3) is 2.68. The van der Waals surface area contributed by atoms with Crippen molar-refractivity contribution in [2.75, 3.05) is 0 Å². The van der Waals surface area contributed by atoms with Crippen LogP contribution in [0.4, 0.5) is 0 Å². The van der Waals surface area contributed by atoms with Crippen LogP contribution in [-0.4, -0.2) is 38.6 Å². The van der Waals surface area contributed by atoms with Crippen molar-refractivity contribution in [3.05, 3.63) is 17.5 Å². The molecule has 2 heterocycles. The van der Waals surface area contributed by atoms with Gasteiger partial charge in [-0.1, -0.05) is 0 Å². The number of hydrogen-bond acceptors (Lipinski definition) is 4. The summed E-state index contributed by atoms with van der Waals surface area (Å²) in [6, 6.07) is -0.485. The highest BCUT2D eigenvalue weighted by molar-refractivity contribution is 6.05. The van der Waals surface area contributed by atoms with Gasteiger partial charge < -0.3 is 5.32 Å². The van der Waals surface area contributed by atoms with Crippen molar-refractivity contribution < 1.29 is 9.59 Å². The predicted molar refractivity (Wildman–Crippen MR) is 70.2 cm³/mol. The fourth-order valence-corrected chi connectivity index (χ4v) is 2.41. The molecule has 1 saturated heterocycles. The van der Waals surface area contributed by atoms with E-state index in [4.69, 9.17) is 0 Å². The van der Waals surface area contributed by atoms with Gasteiger partial charge in [0.1, 0.15) is 0 Å². The van der Waals surface area contributed by atoms with Crippen LogP contribution in [0.2, 0.25) is 0 Å². The molecule has 1 atom stereocenters. The van der Waals surface area contributed by atoms with Crippen LogP contribution in [0.5, 0.6) is 0 Å². The summed E-state index contributed by atoms with van der Waals surface area (Å²) in [5.41, 5.74) is 1.98. The van der Waals surface area contributed by atoms with Crippen LogP contribution in [0, 0.1) is 6.92 Å². The van der Waals surface area contributed by atoms with E-state index in [0.29, 0.717) is 6.54 Å². The van der Waals surface area contributed by atoms with Crippen molar-refractivity contribution >= 4 is 11.8 Å². The Morgan fingerprint density at radius 1 is 1.47 bits per heavy atom. The second-order valence-corrected chi connectivity index (χ2v) is 5.25. The molecule has 1 aliphatic heterocycles. The van der Waals surface area contributed by atoms with Gasteiger partial charge in [0.15, 0.2) is 0 Å². The molecule has 0 spiro atoms. The number of imide groups is 1. The Hall–Kier alpha value is -1.69. The molecule has 1 unspecified atom stereocenters. The number of nitrogens with one attached hydrogen (secondary N) is 1. The topological polar surface area (TPSA) is 67.2 Å². The molecule has 1 N–H and O–H groups in total. The van der Waals surface area contributed by atoms with Crippen LogP contribution in [0.1, 0.15) is 31.5 Å². The van der Waals surface area contributed by atoms with Gasteiger partial charge in [-0.15, -0.1) is 0 Å². The van der Waals surface area contributed by atoms with Crippen molar-refractivity contribution in [1.29, 1.82) is 0 Å². The summed E-state index contributed by atoms with van der Waals surface area (Å²) in [5.74, 6) is -0.220. The molecule has 6 heteroatoms. The molecule has 0 saturated carbocycles. The lowest BCUT2D eigenvalue weighted by Gasteiger charge is -2.19. The van der Waals surface area contributed by atoms with Gasteiger partial charge >= 0.3 is 0 Å². The normalized spacial score (nSPS) is 19.8. The zero-order chi connectivity index (χ0) is 14.2. The van der Waals surface area contributed by atoms with Gasteiger partial charge in [-0.05, 0) is 20.8 Å². The molecule has 1 aromatic rings. The van der Waals surface area contributed by atoms with E-state index < -0.39 is 6.04 Å². The summed E-state index contributed by atoms with van der Waals surface area (Å²) in [5, 5.41) is 7.40. The molecule has 0 bridgehead atoms. The average molecular weight is 264 g/mol. The van der Waals surface area contributed by atoms with E-state index in [1.54, 1.807) is 4.68 Å². The van der Waals surface area contributed by atoms with Crippen LogP contribution in [0.25, 0.3) is 0 Å². The molecular weight excluding hydrogens is 244 g/mol. The molecule has 6 nitrogen and oxygen atoms in total. The van der Waals surface area contributed by atoms with Crippen LogP contribution in [0.3, 0.4) is 0 Å². The molecule has 104 valence electrons. The number of rotatable bonds is 4. The van der Waals surface area contributed by atoms with Gasteiger partial charge in [0, 0.05) is 31.4 Å². The van der Waals surface area contributed by atoms with Crippen LogP contribution in [-0.2, 0) is 23.2 Å². The Morgan fingerprint density at radius 3 is 2.63 bits per heavy atom. The zero-order valence-electron chi connectivity index (χ0n) is 11.8. The highest BCUT2D eigenvalue weighted by Crippen LogP contribution is 2.17. The van der Waals surface area contributed by atoms with E-state index in [-0.39, 0.29) is 24.3 Å². The molecular formula is C13H20N4O2. The summed E-state index contributed by atoms with van der Waals surface area (Å²) >= 11 is 0. The Morgan fingerprint density at radius 2 is 2.16 bits per heavy atom. The Labute approximate surface area is 112 Å². The summed E-state index contributed by atoms with van der Waals surface area (Å²) in [6.07, 6.45) is 2.17. The van der Waals surface area contributed by atoms with E-state index >= 15 is 0 Å². The minimum absolute atomic E-state index is 0.0769. The van der Waals surface area contributed by atoms with Gasteiger partial charge in [0.25, 0.3) is 0 Å². The van der Waals surface area contributed by atoms with Crippen LogP contribution < -0.4 is 5.32 Å². The summed E-state index contributed by atoms with van der Waals surface area (Å²) in [7, 11) is 1.86. The van der Waals surface area contributed by atoms with Gasteiger partial charge in [0.2, 0.25) is 11.8 Å². The molecule has 0 aliphatic carbocycles. The SMILES string of the molecule is Cc1nn(C)cc1CNC1CC(=O)N(C(C)C)C1=O. The Kier molecular flexibility index (Phi) is 3.71. The lowest BCUT2D eigenvalue weighted by atomic mass is 10.2. The maximum absolute atomic E-state index is 12.1. The first-order valence-corrected chi connectivity index (χ1v) is 6.48. The third-order valence-electron chi connectivity index (χ3n) is 3.35. The predicted octanol–water partition coefficient (Wildman–Crippen LogP) is 0.354. The Bertz CT molecular complexity index is 507. The van der Waals surface area contributed by atoms with E-state index in [0.717, 1.165) is 11.3 Å². The first-order valence-electron chi connectivity index (χ1n) is 6.48. The average Bonchev–Trinajstić information content (AvgIpc) is 2.76. The molecule has 1 aromatic heterocycles. The molecule has 0 aromatic carbocycles. The first kappa shape index (κ1) is 13.7. The van der Waals surface area contributed by atoms with Crippen molar-refractivity contribution in [2.24, 2.45) is 7.05 Å². The zero-order valence-corrected chi connectivity index (χ0v) is 11.8. The molecule has 1 aliphatic rings. The number of aromatic nitrogens is 2. The molecule has 2 rings (SSSR count). The molecule has 2 amide bonds. The monoisotopic (exact) mass is 264 g/mol. The van der Waals surface area contributed by atoms with E-state index in [9.17, 15) is 9.59 Å². The minimum atomic E-state index is -0.408. The van der Waals surface area contributed by atoms with Crippen LogP contribution >= 0.6 is 0 Å². The highest BCUT2D eigenvalue weighted by Gasteiger charge is 2.39. The first-order chi connectivity index (χ1) is 8.90. The fourth-order valence-electron chi connectivity index (χ4n) is 2.41. The molecule has 0 radical (unpaired) electrons. The number of carbonyl (C=O) groups excluding carboxylic acids is 2. The van der Waals surface area contributed by atoms with Crippen molar-refractivity contribution in [2.45, 2.75) is 45.8 Å². The van der Waals surface area contributed by atoms with E-state index in [2.05, 4.69) is 10.4 Å². The van der Waals surface area contributed by atoms with Crippen molar-refractivity contribution in [3.63, 3.8) is 0 Å². The molecule has 1 fully saturated rings. The van der Waals surface area contributed by atoms with E-state index in [1.165, 1.54) is 4.90 Å². The number of hydrogen-bond donors (Lipinski definition) is 1. The minimum Gasteiger partial charge on any atom is -0.301 e. The number of likely N-dealkylation sites (tertiary alicyclic amines) is 1. The second kappa shape index (κ2) is 5.13. The number of aryl methyl sites for hydroxylation is 2. The quantitative estimate of drug-likeness (QED) is 0.797. The Balaban J connectivity index is 2.00. The van der Waals surface area contributed by atoms with Gasteiger partial charge in [-0.2, -0.15) is 5.10 Å². The van der Waals surface area contributed by atoms with Gasteiger partial charge in [-0.25, -0.2) is 0 Å². The fraction of sp³-hybridized carbons (Fsp3) is 0.615. The number of amides is 2. The van der Waals surface area contributed by atoms with Gasteiger partial charge in [-0.3, -0.25) is 19.2 Å². The van der Waals surface area contributed by atoms with Crippen molar-refractivity contribution in [3.8, 4) is 0 Å². The van der Waals surface area contributed by atoms with Gasteiger partial charge in [0.05, 0.1) is 18.2 Å². The standard InChI is InChI=1S/C13H20N4O2/c1-8(2)17-12(18)5-11(13(17)19)14-6-10-7-16(4)15-9(10)3/h7-8,11,14H,5-6H2,1-4H3. The smallest absolute Gasteiger partial charge is 0.247 e. The number of carbonyl (C=O) groups is 2. The lowest BCUT2D eigenvalue weighted by molar-refractivity contribution is -0.140. The summed E-state index contributed by atoms with van der Waals surface area (Å²) in [6.45, 7) is 6.18. The van der Waals surface area contributed by atoms with Crippen molar-refractivity contribution in [1.82, 2.24) is 20.0 Å². The lowest BCUT2D eigenvalue weighted by Crippen LogP contribution is -2.41. The summed E-state index contributed by atoms with van der Waals surface area (Å²) in [4.78, 5) is 25.2. The van der Waals surface area contributed by atoms with Crippen LogP contribution in [0.15, 0.2) is 6.20 Å². The maximum atomic E-state index is 12.1. The molecule has 19 heavy (non-hydrogen) atoms. The second-order valence-electron chi connectivity index (χ2n) is 5.25. The van der Waals surface area contributed by atoms with E-state index in [1.807, 2.05) is 34.0 Å². The summed E-state index contributed by atoms with van der Waals surface area (Å²) < 4.78 is 1.74. The largest absolute Gasteiger partial charge is 0.301 e. The maximum Gasteiger partial charge on any atom is 0.247 e. The third-order valence-corrected chi connectivity index (χ3v) is 3.35. The highest BCUT2D eigenvalue weighted by atomic mass is 16.2.